The van der Waals surface area contributed by atoms with Crippen molar-refractivity contribution in [1.82, 2.24) is 15.5 Å². The second-order valence-corrected chi connectivity index (χ2v) is 7.74. The van der Waals surface area contributed by atoms with Crippen LogP contribution in [0.15, 0.2) is 48.5 Å². The first-order chi connectivity index (χ1) is 15.0. The van der Waals surface area contributed by atoms with E-state index in [4.69, 9.17) is 9.47 Å². The van der Waals surface area contributed by atoms with Gasteiger partial charge in [-0.2, -0.15) is 0 Å². The van der Waals surface area contributed by atoms with Gasteiger partial charge in [0, 0.05) is 6.54 Å². The number of ether oxygens (including phenoxy) is 2. The summed E-state index contributed by atoms with van der Waals surface area (Å²) < 4.78 is 11.1. The number of imide groups is 1. The van der Waals surface area contributed by atoms with Crippen LogP contribution in [0.25, 0.3) is 0 Å². The first-order valence-electron chi connectivity index (χ1n) is 10.3. The van der Waals surface area contributed by atoms with Crippen LogP contribution in [-0.2, 0) is 21.5 Å². The lowest BCUT2D eigenvalue weighted by Crippen LogP contribution is -2.43. The molecule has 0 radical (unpaired) electrons. The van der Waals surface area contributed by atoms with Crippen LogP contribution in [0.1, 0.15) is 24.5 Å². The quantitative estimate of drug-likeness (QED) is 0.524. The van der Waals surface area contributed by atoms with Gasteiger partial charge in [0.25, 0.3) is 5.91 Å². The molecular weight excluding hydrogens is 398 g/mol. The summed E-state index contributed by atoms with van der Waals surface area (Å²) in [6.45, 7) is 2.65. The Balaban J connectivity index is 1.35. The number of carbonyl (C=O) groups is 3. The molecule has 0 spiro atoms. The third-order valence-electron chi connectivity index (χ3n) is 5.50. The molecule has 0 saturated carbocycles. The molecule has 2 heterocycles. The van der Waals surface area contributed by atoms with E-state index < -0.39 is 17.5 Å². The molecular formula is C23H25N3O5. The van der Waals surface area contributed by atoms with Crippen molar-refractivity contribution in [3.8, 4) is 11.5 Å². The van der Waals surface area contributed by atoms with Gasteiger partial charge in [-0.3, -0.25) is 14.5 Å². The minimum atomic E-state index is -1.28. The maximum Gasteiger partial charge on any atom is 0.325 e. The van der Waals surface area contributed by atoms with Crippen LogP contribution in [0.2, 0.25) is 0 Å². The fourth-order valence-corrected chi connectivity index (χ4v) is 3.76. The Bertz CT molecular complexity index is 994. The van der Waals surface area contributed by atoms with E-state index in [1.54, 1.807) is 25.1 Å². The third kappa shape index (κ3) is 4.33. The van der Waals surface area contributed by atoms with Crippen molar-refractivity contribution in [2.45, 2.75) is 25.3 Å². The van der Waals surface area contributed by atoms with Crippen molar-refractivity contribution in [3.05, 3.63) is 59.7 Å². The van der Waals surface area contributed by atoms with Gasteiger partial charge in [-0.05, 0) is 43.0 Å². The molecule has 2 aromatic carbocycles. The molecule has 1 fully saturated rings. The Kier molecular flexibility index (Phi) is 5.79. The zero-order chi connectivity index (χ0) is 21.8. The van der Waals surface area contributed by atoms with Crippen molar-refractivity contribution >= 4 is 17.8 Å². The molecule has 2 aromatic rings. The van der Waals surface area contributed by atoms with E-state index in [2.05, 4.69) is 10.6 Å². The fraction of sp³-hybridized carbons (Fsp3) is 0.348. The summed E-state index contributed by atoms with van der Waals surface area (Å²) in [5, 5.41) is 5.49. The molecule has 2 aliphatic rings. The summed E-state index contributed by atoms with van der Waals surface area (Å²) in [4.78, 5) is 38.8. The molecule has 0 aliphatic carbocycles. The predicted molar refractivity (Wildman–Crippen MR) is 113 cm³/mol. The van der Waals surface area contributed by atoms with Gasteiger partial charge in [0.2, 0.25) is 5.91 Å². The molecule has 8 heteroatoms. The van der Waals surface area contributed by atoms with E-state index in [9.17, 15) is 14.4 Å². The maximum atomic E-state index is 13.0. The molecule has 31 heavy (non-hydrogen) atoms. The second-order valence-electron chi connectivity index (χ2n) is 7.74. The number of nitrogens with one attached hydrogen (secondary N) is 2. The Morgan fingerprint density at radius 1 is 1.10 bits per heavy atom. The smallest absolute Gasteiger partial charge is 0.325 e. The van der Waals surface area contributed by atoms with Crippen molar-refractivity contribution in [2.75, 3.05) is 26.3 Å². The van der Waals surface area contributed by atoms with Crippen LogP contribution in [0.5, 0.6) is 11.5 Å². The molecule has 162 valence electrons. The highest BCUT2D eigenvalue weighted by molar-refractivity contribution is 6.09. The van der Waals surface area contributed by atoms with Crippen LogP contribution < -0.4 is 20.1 Å². The number of hydrogen-bond donors (Lipinski definition) is 2. The highest BCUT2D eigenvalue weighted by atomic mass is 16.6. The maximum absolute atomic E-state index is 13.0. The average molecular weight is 423 g/mol. The lowest BCUT2D eigenvalue weighted by molar-refractivity contribution is -0.134. The Labute approximate surface area is 180 Å². The van der Waals surface area contributed by atoms with Crippen LogP contribution in [0.4, 0.5) is 4.79 Å². The van der Waals surface area contributed by atoms with E-state index in [0.717, 1.165) is 17.7 Å². The molecule has 8 nitrogen and oxygen atoms in total. The van der Waals surface area contributed by atoms with Gasteiger partial charge in [-0.1, -0.05) is 36.4 Å². The minimum Gasteiger partial charge on any atom is -0.486 e. The molecule has 1 saturated heterocycles. The number of urea groups is 1. The fourth-order valence-electron chi connectivity index (χ4n) is 3.76. The molecule has 4 amide bonds. The number of nitrogens with zero attached hydrogens (tertiary/aromatic N) is 1. The Hall–Kier alpha value is -3.55. The first-order valence-corrected chi connectivity index (χ1v) is 10.3. The number of benzene rings is 2. The van der Waals surface area contributed by atoms with Gasteiger partial charge in [0.15, 0.2) is 11.5 Å². The number of hydrogen-bond acceptors (Lipinski definition) is 5. The van der Waals surface area contributed by atoms with E-state index in [-0.39, 0.29) is 12.5 Å². The van der Waals surface area contributed by atoms with Crippen molar-refractivity contribution in [2.24, 2.45) is 0 Å². The average Bonchev–Trinajstić information content (AvgIpc) is 3.01. The molecule has 2 aliphatic heterocycles. The molecule has 4 rings (SSSR count). The van der Waals surface area contributed by atoms with E-state index in [1.165, 1.54) is 5.56 Å². The first kappa shape index (κ1) is 20.7. The monoisotopic (exact) mass is 423 g/mol. The lowest BCUT2D eigenvalue weighted by Gasteiger charge is -2.25. The molecule has 0 aromatic heterocycles. The zero-order valence-electron chi connectivity index (χ0n) is 17.3. The highest BCUT2D eigenvalue weighted by Crippen LogP contribution is 2.36. The number of amides is 4. The minimum absolute atomic E-state index is 0.323. The van der Waals surface area contributed by atoms with Gasteiger partial charge in [0.05, 0.1) is 0 Å². The summed E-state index contributed by atoms with van der Waals surface area (Å²) in [5.41, 5.74) is 0.488. The molecule has 2 N–H and O–H groups in total. The van der Waals surface area contributed by atoms with Crippen molar-refractivity contribution in [1.29, 1.82) is 0 Å². The van der Waals surface area contributed by atoms with Crippen molar-refractivity contribution < 1.29 is 23.9 Å². The summed E-state index contributed by atoms with van der Waals surface area (Å²) in [7, 11) is 0. The standard InChI is InChI=1S/C23H25N3O5/c1-23(17-9-10-18-19(14-17)31-13-12-30-18)21(28)26(22(29)25-23)15-20(27)24-11-5-8-16-6-3-2-4-7-16/h2-4,6-7,9-10,14H,5,8,11-13,15H2,1H3,(H,24,27)(H,25,29)/t23-/m1/s1. The van der Waals surface area contributed by atoms with E-state index >= 15 is 0 Å². The van der Waals surface area contributed by atoms with Gasteiger partial charge < -0.3 is 20.1 Å². The normalized spacial score (nSPS) is 19.8. The summed E-state index contributed by atoms with van der Waals surface area (Å²) >= 11 is 0. The Morgan fingerprint density at radius 2 is 1.84 bits per heavy atom. The SMILES string of the molecule is C[C@]1(c2ccc3c(c2)OCCO3)NC(=O)N(CC(=O)NCCCc2ccccc2)C1=O. The van der Waals surface area contributed by atoms with Crippen LogP contribution in [-0.4, -0.2) is 49.0 Å². The summed E-state index contributed by atoms with van der Waals surface area (Å²) in [5.74, 6) is 0.278. The molecule has 1 atom stereocenters. The number of fused-ring (bicyclic) bond motifs is 1. The predicted octanol–water partition coefficient (Wildman–Crippen LogP) is 1.97. The lowest BCUT2D eigenvalue weighted by atomic mass is 9.91. The Morgan fingerprint density at radius 3 is 2.61 bits per heavy atom. The van der Waals surface area contributed by atoms with Crippen LogP contribution in [0.3, 0.4) is 0 Å². The highest BCUT2D eigenvalue weighted by Gasteiger charge is 2.49. The van der Waals surface area contributed by atoms with Gasteiger partial charge in [-0.15, -0.1) is 0 Å². The molecule has 0 bridgehead atoms. The van der Waals surface area contributed by atoms with Gasteiger partial charge in [-0.25, -0.2) is 4.79 Å². The second kappa shape index (κ2) is 8.67. The number of carbonyl (C=O) groups excluding carboxylic acids is 3. The van der Waals surface area contributed by atoms with Crippen LogP contribution in [0, 0.1) is 0 Å². The number of rotatable bonds is 7. The van der Waals surface area contributed by atoms with Crippen molar-refractivity contribution in [3.63, 3.8) is 0 Å². The molecule has 0 unspecified atom stereocenters. The topological polar surface area (TPSA) is 97.0 Å². The van der Waals surface area contributed by atoms with E-state index in [1.807, 2.05) is 30.3 Å². The van der Waals surface area contributed by atoms with Gasteiger partial charge >= 0.3 is 6.03 Å². The largest absolute Gasteiger partial charge is 0.486 e. The van der Waals surface area contributed by atoms with E-state index in [0.29, 0.717) is 36.8 Å². The van der Waals surface area contributed by atoms with Crippen LogP contribution >= 0.6 is 0 Å². The third-order valence-corrected chi connectivity index (χ3v) is 5.50. The van der Waals surface area contributed by atoms with Gasteiger partial charge in [0.1, 0.15) is 25.3 Å². The zero-order valence-corrected chi connectivity index (χ0v) is 17.3. The summed E-state index contributed by atoms with van der Waals surface area (Å²) in [6.07, 6.45) is 1.61. The summed E-state index contributed by atoms with van der Waals surface area (Å²) in [6, 6.07) is 14.5. The number of aryl methyl sites for hydroxylation is 1.